The summed E-state index contributed by atoms with van der Waals surface area (Å²) in [6.45, 7) is 3.69. The van der Waals surface area contributed by atoms with Gasteiger partial charge < -0.3 is 10.2 Å². The summed E-state index contributed by atoms with van der Waals surface area (Å²) in [5, 5.41) is 2.97. The summed E-state index contributed by atoms with van der Waals surface area (Å²) in [6.07, 6.45) is 2.76. The molecule has 2 heterocycles. The molecule has 2 aliphatic heterocycles. The van der Waals surface area contributed by atoms with Gasteiger partial charge in [-0.2, -0.15) is 0 Å². The third-order valence-electron chi connectivity index (χ3n) is 5.80. The number of hydrogen-bond acceptors (Lipinski definition) is 3. The van der Waals surface area contributed by atoms with Gasteiger partial charge in [0.25, 0.3) is 11.8 Å². The highest BCUT2D eigenvalue weighted by Crippen LogP contribution is 2.26. The van der Waals surface area contributed by atoms with Crippen molar-refractivity contribution in [3.63, 3.8) is 0 Å². The second kappa shape index (κ2) is 8.57. The minimum Gasteiger partial charge on any atom is -0.349 e. The quantitative estimate of drug-likeness (QED) is 0.681. The number of benzene rings is 2. The molecule has 0 aliphatic carbocycles. The lowest BCUT2D eigenvalue weighted by atomic mass is 10.0. The Bertz CT molecular complexity index is 872. The molecule has 2 N–H and O–H groups in total. The van der Waals surface area contributed by atoms with Crippen LogP contribution in [0.4, 0.5) is 0 Å². The van der Waals surface area contributed by atoms with Crippen LogP contribution in [0.25, 0.3) is 0 Å². The van der Waals surface area contributed by atoms with E-state index in [9.17, 15) is 14.4 Å². The van der Waals surface area contributed by atoms with Crippen molar-refractivity contribution in [2.75, 3.05) is 26.2 Å². The fourth-order valence-electron chi connectivity index (χ4n) is 4.23. The van der Waals surface area contributed by atoms with Crippen molar-refractivity contribution in [1.82, 2.24) is 10.2 Å². The second-order valence-electron chi connectivity index (χ2n) is 7.73. The standard InChI is InChI=1S/C23H25N3O3/c27-21(24-12-15-25-13-6-7-14-25)20(16-17-8-2-1-3-9-17)26-22(28)18-10-4-5-11-19(18)23(26)29/h1-5,8-11,20H,6-7,12-16H2,(H,24,27)/p+1/t20-/m0/s1. The Balaban J connectivity index is 1.53. The first-order valence-corrected chi connectivity index (χ1v) is 10.3. The Kier molecular flexibility index (Phi) is 5.71. The monoisotopic (exact) mass is 392 g/mol. The lowest BCUT2D eigenvalue weighted by molar-refractivity contribution is -0.886. The summed E-state index contributed by atoms with van der Waals surface area (Å²) in [6, 6.07) is 15.4. The van der Waals surface area contributed by atoms with Crippen LogP contribution in [0.5, 0.6) is 0 Å². The molecule has 2 aliphatic rings. The van der Waals surface area contributed by atoms with Crippen molar-refractivity contribution in [2.24, 2.45) is 0 Å². The fraction of sp³-hybridized carbons (Fsp3) is 0.348. The first-order chi connectivity index (χ1) is 14.1. The first kappa shape index (κ1) is 19.3. The zero-order valence-corrected chi connectivity index (χ0v) is 16.4. The number of nitrogens with zero attached hydrogens (tertiary/aromatic N) is 1. The van der Waals surface area contributed by atoms with Crippen molar-refractivity contribution < 1.29 is 19.3 Å². The zero-order chi connectivity index (χ0) is 20.2. The number of amides is 3. The van der Waals surface area contributed by atoms with Crippen molar-refractivity contribution in [3.05, 3.63) is 71.3 Å². The summed E-state index contributed by atoms with van der Waals surface area (Å²) in [4.78, 5) is 41.6. The number of rotatable bonds is 7. The topological polar surface area (TPSA) is 70.9 Å². The maximum Gasteiger partial charge on any atom is 0.262 e. The van der Waals surface area contributed by atoms with E-state index in [-0.39, 0.29) is 5.91 Å². The van der Waals surface area contributed by atoms with Crippen LogP contribution in [0.3, 0.4) is 0 Å². The smallest absolute Gasteiger partial charge is 0.262 e. The van der Waals surface area contributed by atoms with Crippen LogP contribution in [0.2, 0.25) is 0 Å². The van der Waals surface area contributed by atoms with Gasteiger partial charge in [0.1, 0.15) is 6.04 Å². The SMILES string of the molecule is O=C(NCC[NH+]1CCCC1)[C@H](Cc1ccccc1)N1C(=O)c2ccccc2C1=O. The molecule has 29 heavy (non-hydrogen) atoms. The lowest BCUT2D eigenvalue weighted by Gasteiger charge is -2.26. The minimum absolute atomic E-state index is 0.276. The normalized spacial score (nSPS) is 17.4. The van der Waals surface area contributed by atoms with E-state index in [2.05, 4.69) is 5.32 Å². The Morgan fingerprint density at radius 2 is 1.52 bits per heavy atom. The second-order valence-corrected chi connectivity index (χ2v) is 7.73. The molecule has 150 valence electrons. The molecule has 1 atom stereocenters. The van der Waals surface area contributed by atoms with E-state index < -0.39 is 17.9 Å². The number of carbonyl (C=O) groups is 3. The van der Waals surface area contributed by atoms with Crippen LogP contribution in [0.1, 0.15) is 39.1 Å². The maximum absolute atomic E-state index is 13.1. The molecule has 1 fully saturated rings. The summed E-state index contributed by atoms with van der Waals surface area (Å²) in [7, 11) is 0. The Morgan fingerprint density at radius 3 is 2.14 bits per heavy atom. The highest BCUT2D eigenvalue weighted by molar-refractivity contribution is 6.22. The molecule has 6 nitrogen and oxygen atoms in total. The van der Waals surface area contributed by atoms with Gasteiger partial charge >= 0.3 is 0 Å². The van der Waals surface area contributed by atoms with Crippen molar-refractivity contribution in [1.29, 1.82) is 0 Å². The number of quaternary nitrogens is 1. The summed E-state index contributed by atoms with van der Waals surface area (Å²) in [5.74, 6) is -1.07. The van der Waals surface area contributed by atoms with Crippen LogP contribution in [-0.4, -0.2) is 54.8 Å². The van der Waals surface area contributed by atoms with E-state index in [0.29, 0.717) is 24.1 Å². The van der Waals surface area contributed by atoms with Crippen LogP contribution >= 0.6 is 0 Å². The van der Waals surface area contributed by atoms with Gasteiger partial charge in [0.15, 0.2) is 0 Å². The molecule has 1 saturated heterocycles. The van der Waals surface area contributed by atoms with Crippen LogP contribution in [0.15, 0.2) is 54.6 Å². The number of fused-ring (bicyclic) bond motifs is 1. The predicted molar refractivity (Wildman–Crippen MR) is 109 cm³/mol. The van der Waals surface area contributed by atoms with Crippen LogP contribution < -0.4 is 10.2 Å². The average Bonchev–Trinajstić information content (AvgIpc) is 3.35. The van der Waals surface area contributed by atoms with Crippen LogP contribution in [0, 0.1) is 0 Å². The van der Waals surface area contributed by atoms with E-state index in [1.54, 1.807) is 24.3 Å². The number of imide groups is 1. The van der Waals surface area contributed by atoms with Gasteiger partial charge in [0.2, 0.25) is 5.91 Å². The van der Waals surface area contributed by atoms with Gasteiger partial charge in [-0.05, 0) is 17.7 Å². The molecular formula is C23H26N3O3+. The average molecular weight is 392 g/mol. The fourth-order valence-corrected chi connectivity index (χ4v) is 4.23. The molecule has 6 heteroatoms. The van der Waals surface area contributed by atoms with Gasteiger partial charge in [-0.3, -0.25) is 19.3 Å². The molecule has 0 bridgehead atoms. The molecular weight excluding hydrogens is 366 g/mol. The Morgan fingerprint density at radius 1 is 0.931 bits per heavy atom. The molecule has 0 saturated carbocycles. The van der Waals surface area contributed by atoms with Gasteiger partial charge in [-0.25, -0.2) is 0 Å². The molecule has 0 spiro atoms. The maximum atomic E-state index is 13.1. The number of likely N-dealkylation sites (tertiary alicyclic amines) is 1. The first-order valence-electron chi connectivity index (χ1n) is 10.3. The van der Waals surface area contributed by atoms with Gasteiger partial charge in [-0.1, -0.05) is 42.5 Å². The Labute approximate surface area is 170 Å². The largest absolute Gasteiger partial charge is 0.349 e. The Hall–Kier alpha value is -2.99. The zero-order valence-electron chi connectivity index (χ0n) is 16.4. The summed E-state index contributed by atoms with van der Waals surface area (Å²) >= 11 is 0. The third kappa shape index (κ3) is 4.07. The molecule has 0 radical (unpaired) electrons. The third-order valence-corrected chi connectivity index (χ3v) is 5.80. The van der Waals surface area contributed by atoms with Gasteiger partial charge in [0.05, 0.1) is 37.3 Å². The highest BCUT2D eigenvalue weighted by Gasteiger charge is 2.42. The van der Waals surface area contributed by atoms with E-state index in [4.69, 9.17) is 0 Å². The number of hydrogen-bond donors (Lipinski definition) is 2. The summed E-state index contributed by atoms with van der Waals surface area (Å²) < 4.78 is 0. The van der Waals surface area contributed by atoms with Crippen molar-refractivity contribution >= 4 is 17.7 Å². The number of carbonyl (C=O) groups excluding carboxylic acids is 3. The van der Waals surface area contributed by atoms with E-state index in [1.165, 1.54) is 17.7 Å². The lowest BCUT2D eigenvalue weighted by Crippen LogP contribution is -3.10. The number of nitrogens with one attached hydrogen (secondary N) is 2. The van der Waals surface area contributed by atoms with Crippen molar-refractivity contribution in [2.45, 2.75) is 25.3 Å². The molecule has 2 aromatic carbocycles. The van der Waals surface area contributed by atoms with E-state index >= 15 is 0 Å². The van der Waals surface area contributed by atoms with Gasteiger partial charge in [-0.15, -0.1) is 0 Å². The molecule has 0 unspecified atom stereocenters. The highest BCUT2D eigenvalue weighted by atomic mass is 16.2. The summed E-state index contributed by atoms with van der Waals surface area (Å²) in [5.41, 5.74) is 1.64. The molecule has 0 aromatic heterocycles. The molecule has 4 rings (SSSR count). The van der Waals surface area contributed by atoms with Gasteiger partial charge in [0, 0.05) is 19.3 Å². The predicted octanol–water partition coefficient (Wildman–Crippen LogP) is 0.689. The van der Waals surface area contributed by atoms with E-state index in [0.717, 1.165) is 30.1 Å². The van der Waals surface area contributed by atoms with E-state index in [1.807, 2.05) is 30.3 Å². The molecule has 3 amide bonds. The molecule has 2 aromatic rings. The van der Waals surface area contributed by atoms with Crippen LogP contribution in [-0.2, 0) is 11.2 Å². The van der Waals surface area contributed by atoms with Crippen molar-refractivity contribution in [3.8, 4) is 0 Å². The minimum atomic E-state index is -0.863.